The molecule has 0 saturated heterocycles. The molecular weight excluding hydrogens is 525 g/mol. The predicted octanol–water partition coefficient (Wildman–Crippen LogP) is 4.65. The van der Waals surface area contributed by atoms with E-state index in [0.29, 0.717) is 15.7 Å². The van der Waals surface area contributed by atoms with Crippen LogP contribution in [0.3, 0.4) is 0 Å². The molecule has 0 aliphatic rings. The van der Waals surface area contributed by atoms with Crippen LogP contribution >= 0.6 is 63.0 Å². The maximum absolute atomic E-state index is 12.6. The summed E-state index contributed by atoms with van der Waals surface area (Å²) in [4.78, 5) is 24.4. The summed E-state index contributed by atoms with van der Waals surface area (Å²) in [5.41, 5.74) is 1.00. The number of rotatable bonds is 5. The predicted molar refractivity (Wildman–Crippen MR) is 123 cm³/mol. The smallest absolute Gasteiger partial charge is 0.339 e. The minimum absolute atomic E-state index is 0.0186. The molecule has 2 aromatic rings. The van der Waals surface area contributed by atoms with E-state index in [0.717, 1.165) is 0 Å². The summed E-state index contributed by atoms with van der Waals surface area (Å²) in [5.74, 6) is -1.03. The summed E-state index contributed by atoms with van der Waals surface area (Å²) in [6.45, 7) is 0. The molecule has 0 radical (unpaired) electrons. The number of hydrogen-bond donors (Lipinski definition) is 3. The van der Waals surface area contributed by atoms with Crippen LogP contribution in [-0.4, -0.2) is 34.1 Å². The largest absolute Gasteiger partial charge is 0.465 e. The number of benzene rings is 2. The van der Waals surface area contributed by atoms with Crippen LogP contribution in [0.15, 0.2) is 53.0 Å². The Hall–Kier alpha value is -1.58. The van der Waals surface area contributed by atoms with Gasteiger partial charge in [0.15, 0.2) is 5.11 Å². The molecule has 0 heterocycles. The average Bonchev–Trinajstić information content (AvgIpc) is 2.66. The first-order chi connectivity index (χ1) is 13.6. The number of para-hydroxylation sites is 1. The van der Waals surface area contributed by atoms with Crippen molar-refractivity contribution in [2.24, 2.45) is 0 Å². The van der Waals surface area contributed by atoms with Crippen LogP contribution in [-0.2, 0) is 4.74 Å². The number of carbonyl (C=O) groups is 2. The van der Waals surface area contributed by atoms with Gasteiger partial charge in [0.05, 0.1) is 23.9 Å². The Morgan fingerprint density at radius 3 is 2.21 bits per heavy atom. The molecule has 0 aliphatic heterocycles. The third-order valence-electron chi connectivity index (χ3n) is 3.58. The van der Waals surface area contributed by atoms with Gasteiger partial charge in [-0.25, -0.2) is 4.79 Å². The average molecular weight is 540 g/mol. The molecule has 0 aromatic heterocycles. The Morgan fingerprint density at radius 1 is 1.03 bits per heavy atom. The Labute approximate surface area is 196 Å². The molecular formula is C18H15BrCl3N3O3S. The van der Waals surface area contributed by atoms with Gasteiger partial charge in [-0.15, -0.1) is 0 Å². The van der Waals surface area contributed by atoms with Crippen molar-refractivity contribution in [1.82, 2.24) is 10.6 Å². The molecule has 2 aromatic carbocycles. The summed E-state index contributed by atoms with van der Waals surface area (Å²) >= 11 is 26.6. The summed E-state index contributed by atoms with van der Waals surface area (Å²) in [5, 5.41) is 8.17. The molecule has 11 heteroatoms. The fourth-order valence-corrected chi connectivity index (χ4v) is 3.24. The molecule has 2 rings (SSSR count). The van der Waals surface area contributed by atoms with Crippen LogP contribution in [0.4, 0.5) is 5.69 Å². The number of anilines is 1. The zero-order valence-corrected chi connectivity index (χ0v) is 19.5. The highest BCUT2D eigenvalue weighted by molar-refractivity contribution is 9.10. The zero-order chi connectivity index (χ0) is 21.6. The van der Waals surface area contributed by atoms with E-state index < -0.39 is 21.8 Å². The standard InChI is InChI=1S/C18H15BrCl3N3O3S/c1-28-15(27)11-7-3-5-9-13(11)23-17(29)25-16(18(20,21)22)24-14(26)10-6-2-4-8-12(10)19/h2-9,16H,1H3,(H,24,26)(H2,23,25,29)/t16-/m1/s1. The summed E-state index contributed by atoms with van der Waals surface area (Å²) in [6.07, 6.45) is -1.17. The van der Waals surface area contributed by atoms with Crippen LogP contribution in [0, 0.1) is 0 Å². The number of amides is 1. The highest BCUT2D eigenvalue weighted by atomic mass is 79.9. The second-order valence-electron chi connectivity index (χ2n) is 5.56. The number of ether oxygens (including phenoxy) is 1. The van der Waals surface area contributed by atoms with Crippen molar-refractivity contribution in [1.29, 1.82) is 0 Å². The quantitative estimate of drug-likeness (QED) is 0.222. The third-order valence-corrected chi connectivity index (χ3v) is 5.14. The number of hydrogen-bond acceptors (Lipinski definition) is 4. The van der Waals surface area contributed by atoms with Gasteiger partial charge in [-0.3, -0.25) is 4.79 Å². The van der Waals surface area contributed by atoms with Gasteiger partial charge >= 0.3 is 5.97 Å². The third kappa shape index (κ3) is 6.72. The van der Waals surface area contributed by atoms with Crippen LogP contribution in [0.1, 0.15) is 20.7 Å². The molecule has 0 spiro atoms. The molecule has 154 valence electrons. The van der Waals surface area contributed by atoms with Gasteiger partial charge in [0, 0.05) is 4.47 Å². The molecule has 0 fully saturated rings. The number of carbonyl (C=O) groups excluding carboxylic acids is 2. The first-order valence-electron chi connectivity index (χ1n) is 8.00. The molecule has 1 atom stereocenters. The van der Waals surface area contributed by atoms with Crippen LogP contribution in [0.25, 0.3) is 0 Å². The number of thiocarbonyl (C=S) groups is 1. The van der Waals surface area contributed by atoms with Gasteiger partial charge in [0.1, 0.15) is 6.17 Å². The lowest BCUT2D eigenvalue weighted by Gasteiger charge is -2.28. The summed E-state index contributed by atoms with van der Waals surface area (Å²) < 4.78 is 3.39. The van der Waals surface area contributed by atoms with Crippen molar-refractivity contribution in [3.8, 4) is 0 Å². The fraction of sp³-hybridized carbons (Fsp3) is 0.167. The number of methoxy groups -OCH3 is 1. The van der Waals surface area contributed by atoms with E-state index >= 15 is 0 Å². The van der Waals surface area contributed by atoms with E-state index in [9.17, 15) is 9.59 Å². The SMILES string of the molecule is COC(=O)c1ccccc1NC(=S)N[C@@H](NC(=O)c1ccccc1Br)C(Cl)(Cl)Cl. The summed E-state index contributed by atoms with van der Waals surface area (Å²) in [6, 6.07) is 13.4. The zero-order valence-electron chi connectivity index (χ0n) is 14.8. The van der Waals surface area contributed by atoms with Gasteiger partial charge in [-0.05, 0) is 52.4 Å². The van der Waals surface area contributed by atoms with Crippen molar-refractivity contribution in [2.45, 2.75) is 9.96 Å². The number of esters is 1. The minimum atomic E-state index is -1.93. The number of alkyl halides is 3. The van der Waals surface area contributed by atoms with Crippen LogP contribution in [0.2, 0.25) is 0 Å². The van der Waals surface area contributed by atoms with Gasteiger partial charge in [-0.2, -0.15) is 0 Å². The van der Waals surface area contributed by atoms with Crippen molar-refractivity contribution in [3.63, 3.8) is 0 Å². The lowest BCUT2D eigenvalue weighted by molar-refractivity contribution is 0.0601. The van der Waals surface area contributed by atoms with Crippen LogP contribution in [0.5, 0.6) is 0 Å². The van der Waals surface area contributed by atoms with Crippen molar-refractivity contribution >= 4 is 85.6 Å². The molecule has 0 unspecified atom stereocenters. The second kappa shape index (κ2) is 10.4. The van der Waals surface area contributed by atoms with E-state index in [-0.39, 0.29) is 10.7 Å². The normalized spacial score (nSPS) is 11.9. The topological polar surface area (TPSA) is 79.5 Å². The fourth-order valence-electron chi connectivity index (χ4n) is 2.22. The lowest BCUT2D eigenvalue weighted by Crippen LogP contribution is -2.56. The molecule has 29 heavy (non-hydrogen) atoms. The van der Waals surface area contributed by atoms with Gasteiger partial charge < -0.3 is 20.7 Å². The van der Waals surface area contributed by atoms with E-state index in [1.807, 2.05) is 0 Å². The molecule has 0 saturated carbocycles. The molecule has 6 nitrogen and oxygen atoms in total. The number of nitrogens with one attached hydrogen (secondary N) is 3. The maximum atomic E-state index is 12.6. The highest BCUT2D eigenvalue weighted by Crippen LogP contribution is 2.30. The van der Waals surface area contributed by atoms with Crippen molar-refractivity contribution < 1.29 is 14.3 Å². The van der Waals surface area contributed by atoms with E-state index in [2.05, 4.69) is 31.9 Å². The van der Waals surface area contributed by atoms with Crippen molar-refractivity contribution in [2.75, 3.05) is 12.4 Å². The first-order valence-corrected chi connectivity index (χ1v) is 10.3. The van der Waals surface area contributed by atoms with E-state index in [1.165, 1.54) is 7.11 Å². The monoisotopic (exact) mass is 537 g/mol. The Morgan fingerprint density at radius 2 is 1.62 bits per heavy atom. The Balaban J connectivity index is 2.15. The van der Waals surface area contributed by atoms with Crippen molar-refractivity contribution in [3.05, 3.63) is 64.1 Å². The van der Waals surface area contributed by atoms with Gasteiger partial charge in [0.2, 0.25) is 3.79 Å². The van der Waals surface area contributed by atoms with E-state index in [1.54, 1.807) is 48.5 Å². The highest BCUT2D eigenvalue weighted by Gasteiger charge is 2.35. The molecule has 1 amide bonds. The summed E-state index contributed by atoms with van der Waals surface area (Å²) in [7, 11) is 1.27. The van der Waals surface area contributed by atoms with Gasteiger partial charge in [-0.1, -0.05) is 59.1 Å². The maximum Gasteiger partial charge on any atom is 0.339 e. The number of halogens is 4. The Kier molecular flexibility index (Phi) is 8.54. The van der Waals surface area contributed by atoms with E-state index in [4.69, 9.17) is 51.8 Å². The molecule has 0 bridgehead atoms. The Bertz CT molecular complexity index is 924. The second-order valence-corrected chi connectivity index (χ2v) is 9.20. The molecule has 0 aliphatic carbocycles. The first kappa shape index (κ1) is 23.7. The van der Waals surface area contributed by atoms with Gasteiger partial charge in [0.25, 0.3) is 5.91 Å². The molecule has 3 N–H and O–H groups in total. The lowest BCUT2D eigenvalue weighted by atomic mass is 10.2. The van der Waals surface area contributed by atoms with Crippen LogP contribution < -0.4 is 16.0 Å². The minimum Gasteiger partial charge on any atom is -0.465 e.